The van der Waals surface area contributed by atoms with Crippen LogP contribution < -0.4 is 11.1 Å². The fourth-order valence-corrected chi connectivity index (χ4v) is 6.42. The summed E-state index contributed by atoms with van der Waals surface area (Å²) in [7, 11) is -4.33. The molecular weight excluding hydrogens is 599 g/mol. The molecule has 8 nitrogen and oxygen atoms in total. The van der Waals surface area contributed by atoms with Crippen LogP contribution in [0.5, 0.6) is 0 Å². The lowest BCUT2D eigenvalue weighted by molar-refractivity contribution is -0.123. The van der Waals surface area contributed by atoms with Crippen molar-refractivity contribution in [2.75, 3.05) is 19.8 Å². The van der Waals surface area contributed by atoms with Crippen molar-refractivity contribution in [3.8, 4) is 0 Å². The third-order valence-electron chi connectivity index (χ3n) is 8.61. The summed E-state index contributed by atoms with van der Waals surface area (Å²) >= 11 is 0. The van der Waals surface area contributed by atoms with E-state index >= 15 is 0 Å². The minimum absolute atomic E-state index is 0.0810. The number of unbranched alkanes of at least 4 members (excludes halogenated alkanes) is 24. The van der Waals surface area contributed by atoms with Gasteiger partial charge in [0, 0.05) is 13.0 Å². The Morgan fingerprint density at radius 2 is 1.11 bits per heavy atom. The number of phosphoric acid groups is 1. The maximum absolute atomic E-state index is 12.7. The zero-order valence-corrected chi connectivity index (χ0v) is 31.0. The molecular formula is C37H75N2O6P. The van der Waals surface area contributed by atoms with Gasteiger partial charge in [0.15, 0.2) is 0 Å². The first-order valence-electron chi connectivity index (χ1n) is 19.3. The first kappa shape index (κ1) is 45.2. The molecule has 0 rings (SSSR count). The molecule has 0 aromatic heterocycles. The molecule has 0 radical (unpaired) electrons. The molecule has 0 saturated carbocycles. The third-order valence-corrected chi connectivity index (χ3v) is 9.60. The Morgan fingerprint density at radius 3 is 1.54 bits per heavy atom. The number of amides is 1. The highest BCUT2D eigenvalue weighted by atomic mass is 31.2. The maximum atomic E-state index is 12.7. The second kappa shape index (κ2) is 34.1. The fourth-order valence-electron chi connectivity index (χ4n) is 5.66. The van der Waals surface area contributed by atoms with Crippen molar-refractivity contribution in [2.24, 2.45) is 5.73 Å². The molecule has 0 bridgehead atoms. The standard InChI is InChI=1S/C37H75N2O6P/c1-3-5-7-9-11-13-15-17-19-21-23-25-27-29-31-37(41)39-35(34-45-46(42,43)44-33-32-38)36(40)30-28-26-24-22-20-18-16-14-12-10-8-6-4-2/h28,30,35-36,40H,3-27,29,31-34,38H2,1-2H3,(H,39,41)(H,42,43)/b30-28+/t35-,36+/m0/s1. The monoisotopic (exact) mass is 675 g/mol. The lowest BCUT2D eigenvalue weighted by atomic mass is 10.0. The summed E-state index contributed by atoms with van der Waals surface area (Å²) in [4.78, 5) is 22.6. The number of nitrogens with two attached hydrogens (primary N) is 1. The molecule has 0 aliphatic rings. The van der Waals surface area contributed by atoms with E-state index in [0.717, 1.165) is 38.5 Å². The topological polar surface area (TPSA) is 131 Å². The minimum Gasteiger partial charge on any atom is -0.387 e. The van der Waals surface area contributed by atoms with Gasteiger partial charge in [0.25, 0.3) is 0 Å². The van der Waals surface area contributed by atoms with Crippen LogP contribution in [0.2, 0.25) is 0 Å². The SMILES string of the molecule is CCCCCCCCCCCCC/C=C/[C@@H](O)[C@H](COP(=O)(O)OCCN)NC(=O)CCCCCCCCCCCCCCCC. The lowest BCUT2D eigenvalue weighted by Gasteiger charge is -2.23. The number of phosphoric ester groups is 1. The van der Waals surface area contributed by atoms with E-state index < -0.39 is 20.0 Å². The molecule has 1 amide bonds. The summed E-state index contributed by atoms with van der Waals surface area (Å²) in [6.07, 6.45) is 35.3. The van der Waals surface area contributed by atoms with E-state index in [1.165, 1.54) is 128 Å². The van der Waals surface area contributed by atoms with Crippen molar-refractivity contribution in [2.45, 2.75) is 199 Å². The van der Waals surface area contributed by atoms with Crippen molar-refractivity contribution in [1.29, 1.82) is 0 Å². The van der Waals surface area contributed by atoms with Crippen molar-refractivity contribution in [3.05, 3.63) is 12.2 Å². The Kier molecular flexibility index (Phi) is 33.6. The Bertz CT molecular complexity index is 739. The normalized spacial score (nSPS) is 14.5. The second-order valence-electron chi connectivity index (χ2n) is 13.1. The van der Waals surface area contributed by atoms with Gasteiger partial charge in [-0.3, -0.25) is 13.8 Å². The Morgan fingerprint density at radius 1 is 0.696 bits per heavy atom. The first-order valence-corrected chi connectivity index (χ1v) is 20.8. The first-order chi connectivity index (χ1) is 22.4. The average molecular weight is 675 g/mol. The van der Waals surface area contributed by atoms with Crippen LogP contribution in [0.25, 0.3) is 0 Å². The van der Waals surface area contributed by atoms with Crippen LogP contribution in [-0.2, 0) is 18.4 Å². The highest BCUT2D eigenvalue weighted by molar-refractivity contribution is 7.47. The van der Waals surface area contributed by atoms with Gasteiger partial charge < -0.3 is 21.1 Å². The van der Waals surface area contributed by atoms with Gasteiger partial charge in [0.2, 0.25) is 5.91 Å². The molecule has 0 fully saturated rings. The van der Waals surface area contributed by atoms with Crippen molar-refractivity contribution < 1.29 is 28.4 Å². The lowest BCUT2D eigenvalue weighted by Crippen LogP contribution is -2.45. The van der Waals surface area contributed by atoms with E-state index in [0.29, 0.717) is 6.42 Å². The summed E-state index contributed by atoms with van der Waals surface area (Å²) in [5.41, 5.74) is 5.35. The second-order valence-corrected chi connectivity index (χ2v) is 14.6. The van der Waals surface area contributed by atoms with E-state index in [2.05, 4.69) is 19.2 Å². The third kappa shape index (κ3) is 31.8. The van der Waals surface area contributed by atoms with E-state index in [1.54, 1.807) is 6.08 Å². The summed E-state index contributed by atoms with van der Waals surface area (Å²) < 4.78 is 22.0. The van der Waals surface area contributed by atoms with Gasteiger partial charge in [-0.1, -0.05) is 174 Å². The summed E-state index contributed by atoms with van der Waals surface area (Å²) in [6, 6.07) is -0.852. The fraction of sp³-hybridized carbons (Fsp3) is 0.919. The molecule has 5 N–H and O–H groups in total. The van der Waals surface area contributed by atoms with Gasteiger partial charge in [-0.2, -0.15) is 0 Å². The molecule has 0 aliphatic heterocycles. The Balaban J connectivity index is 4.29. The smallest absolute Gasteiger partial charge is 0.387 e. The zero-order valence-electron chi connectivity index (χ0n) is 30.1. The number of hydrogen-bond donors (Lipinski definition) is 4. The Hall–Kier alpha value is -0.760. The van der Waals surface area contributed by atoms with Gasteiger partial charge in [-0.05, 0) is 19.3 Å². The number of allylic oxidation sites excluding steroid dienone is 1. The van der Waals surface area contributed by atoms with Crippen LogP contribution >= 0.6 is 7.82 Å². The largest absolute Gasteiger partial charge is 0.472 e. The number of carbonyl (C=O) groups excluding carboxylic acids is 1. The van der Waals surface area contributed by atoms with E-state index in [1.807, 2.05) is 6.08 Å². The van der Waals surface area contributed by atoms with Crippen LogP contribution in [0.4, 0.5) is 0 Å². The molecule has 46 heavy (non-hydrogen) atoms. The number of nitrogens with one attached hydrogen (secondary N) is 1. The van der Waals surface area contributed by atoms with Crippen LogP contribution in [0.3, 0.4) is 0 Å². The number of rotatable bonds is 36. The van der Waals surface area contributed by atoms with E-state index in [9.17, 15) is 19.4 Å². The number of carbonyl (C=O) groups is 1. The van der Waals surface area contributed by atoms with Crippen LogP contribution in [0, 0.1) is 0 Å². The van der Waals surface area contributed by atoms with Gasteiger partial charge in [-0.25, -0.2) is 4.57 Å². The molecule has 0 spiro atoms. The molecule has 0 aromatic carbocycles. The minimum atomic E-state index is -4.33. The van der Waals surface area contributed by atoms with Gasteiger partial charge >= 0.3 is 7.82 Å². The van der Waals surface area contributed by atoms with Crippen molar-refractivity contribution >= 4 is 13.7 Å². The van der Waals surface area contributed by atoms with Crippen molar-refractivity contribution in [3.63, 3.8) is 0 Å². The zero-order chi connectivity index (χ0) is 34.0. The predicted octanol–water partition coefficient (Wildman–Crippen LogP) is 10.1. The van der Waals surface area contributed by atoms with Gasteiger partial charge in [-0.15, -0.1) is 0 Å². The van der Waals surface area contributed by atoms with Crippen LogP contribution in [-0.4, -0.2) is 47.8 Å². The number of aliphatic hydroxyl groups is 1. The van der Waals surface area contributed by atoms with Gasteiger partial charge in [0.05, 0.1) is 25.4 Å². The molecule has 9 heteroatoms. The maximum Gasteiger partial charge on any atom is 0.472 e. The molecule has 0 aromatic rings. The van der Waals surface area contributed by atoms with Gasteiger partial charge in [0.1, 0.15) is 0 Å². The molecule has 3 atom stereocenters. The van der Waals surface area contributed by atoms with Crippen molar-refractivity contribution in [1.82, 2.24) is 5.32 Å². The summed E-state index contributed by atoms with van der Waals surface area (Å²) in [6.45, 7) is 4.13. The van der Waals surface area contributed by atoms with Crippen LogP contribution in [0.15, 0.2) is 12.2 Å². The highest BCUT2D eigenvalue weighted by Crippen LogP contribution is 2.43. The summed E-state index contributed by atoms with van der Waals surface area (Å²) in [5.74, 6) is -0.194. The number of aliphatic hydroxyl groups excluding tert-OH is 1. The van der Waals surface area contributed by atoms with Crippen LogP contribution in [0.1, 0.15) is 187 Å². The number of hydrogen-bond acceptors (Lipinski definition) is 6. The molecule has 0 saturated heterocycles. The quantitative estimate of drug-likeness (QED) is 0.0295. The molecule has 1 unspecified atom stereocenters. The predicted molar refractivity (Wildman–Crippen MR) is 194 cm³/mol. The molecule has 0 heterocycles. The van der Waals surface area contributed by atoms with E-state index in [4.69, 9.17) is 14.8 Å². The summed E-state index contributed by atoms with van der Waals surface area (Å²) in [5, 5.41) is 13.6. The average Bonchev–Trinajstić information content (AvgIpc) is 3.04. The Labute approximate surface area is 284 Å². The highest BCUT2D eigenvalue weighted by Gasteiger charge is 2.26. The molecule has 274 valence electrons. The van der Waals surface area contributed by atoms with E-state index in [-0.39, 0.29) is 25.7 Å². The molecule has 0 aliphatic carbocycles.